The molecule has 1 aliphatic rings. The van der Waals surface area contributed by atoms with Gasteiger partial charge in [-0.25, -0.2) is 9.78 Å². The summed E-state index contributed by atoms with van der Waals surface area (Å²) < 4.78 is 4.88. The molecule has 0 bridgehead atoms. The Morgan fingerprint density at radius 1 is 1.36 bits per heavy atom. The Morgan fingerprint density at radius 3 is 2.50 bits per heavy atom. The molecular formula is C17H32O5. The van der Waals surface area contributed by atoms with Crippen LogP contribution in [-0.2, 0) is 19.3 Å². The molecule has 5 heteroatoms. The van der Waals surface area contributed by atoms with Crippen molar-refractivity contribution in [1.29, 1.82) is 0 Å². The molecule has 0 amide bonds. The third-order valence-electron chi connectivity index (χ3n) is 4.76. The first kappa shape index (κ1) is 19.4. The lowest BCUT2D eigenvalue weighted by molar-refractivity contribution is -0.430. The Kier molecular flexibility index (Phi) is 7.80. The zero-order valence-corrected chi connectivity index (χ0v) is 14.6. The maximum absolute atomic E-state index is 10.9. The molecule has 0 aromatic rings. The van der Waals surface area contributed by atoms with E-state index in [9.17, 15) is 9.90 Å². The molecule has 0 spiro atoms. The average molecular weight is 316 g/mol. The maximum Gasteiger partial charge on any atom is 0.302 e. The van der Waals surface area contributed by atoms with E-state index < -0.39 is 18.2 Å². The zero-order chi connectivity index (χ0) is 16.8. The van der Waals surface area contributed by atoms with E-state index in [1.54, 1.807) is 0 Å². The van der Waals surface area contributed by atoms with Crippen molar-refractivity contribution in [2.45, 2.75) is 84.5 Å². The van der Waals surface area contributed by atoms with Crippen molar-refractivity contribution in [2.24, 2.45) is 11.8 Å². The van der Waals surface area contributed by atoms with Crippen LogP contribution in [0.5, 0.6) is 0 Å². The highest BCUT2D eigenvalue weighted by Gasteiger charge is 2.43. The van der Waals surface area contributed by atoms with Crippen LogP contribution in [-0.4, -0.2) is 35.5 Å². The lowest BCUT2D eigenvalue weighted by atomic mass is 9.78. The quantitative estimate of drug-likeness (QED) is 0.550. The Balaban J connectivity index is 2.64. The third-order valence-corrected chi connectivity index (χ3v) is 4.76. The van der Waals surface area contributed by atoms with Crippen LogP contribution in [0.15, 0.2) is 0 Å². The standard InChI is InChI=1S/C17H32O5/c1-6-13(7-2)9-17(5)10-14(8-3)16(21-22-17)15(19)11-20-12(4)18/h13-16,19H,6-11H2,1-5H3/t14-,15-,16+,17?/m1/s1. The van der Waals surface area contributed by atoms with Gasteiger partial charge in [-0.3, -0.25) is 4.79 Å². The monoisotopic (exact) mass is 316 g/mol. The number of rotatable bonds is 8. The van der Waals surface area contributed by atoms with Crippen LogP contribution in [0.3, 0.4) is 0 Å². The summed E-state index contributed by atoms with van der Waals surface area (Å²) in [7, 11) is 0. The first-order valence-electron chi connectivity index (χ1n) is 8.51. The van der Waals surface area contributed by atoms with Crippen molar-refractivity contribution in [2.75, 3.05) is 6.61 Å². The lowest BCUT2D eigenvalue weighted by Gasteiger charge is -2.43. The first-order chi connectivity index (χ1) is 10.3. The Hall–Kier alpha value is -0.650. The van der Waals surface area contributed by atoms with Crippen molar-refractivity contribution < 1.29 is 24.4 Å². The Bertz CT molecular complexity index is 342. The fraction of sp³-hybridized carbons (Fsp3) is 0.941. The van der Waals surface area contributed by atoms with E-state index in [0.29, 0.717) is 5.92 Å². The maximum atomic E-state index is 10.9. The molecular weight excluding hydrogens is 284 g/mol. The fourth-order valence-corrected chi connectivity index (χ4v) is 3.31. The molecule has 1 unspecified atom stereocenters. The summed E-state index contributed by atoms with van der Waals surface area (Å²) in [6, 6.07) is 0. The minimum Gasteiger partial charge on any atom is -0.463 e. The van der Waals surface area contributed by atoms with E-state index in [1.165, 1.54) is 6.92 Å². The molecule has 1 aliphatic heterocycles. The second-order valence-corrected chi connectivity index (χ2v) is 6.72. The number of carbonyl (C=O) groups is 1. The molecule has 1 heterocycles. The van der Waals surface area contributed by atoms with Gasteiger partial charge in [0.05, 0.1) is 0 Å². The van der Waals surface area contributed by atoms with Crippen molar-refractivity contribution in [3.63, 3.8) is 0 Å². The minimum atomic E-state index is -0.855. The highest BCUT2D eigenvalue weighted by Crippen LogP contribution is 2.39. The molecule has 0 aromatic carbocycles. The van der Waals surface area contributed by atoms with Crippen LogP contribution in [0.1, 0.15) is 66.7 Å². The van der Waals surface area contributed by atoms with Crippen molar-refractivity contribution >= 4 is 5.97 Å². The molecule has 0 saturated carbocycles. The van der Waals surface area contributed by atoms with Gasteiger partial charge in [-0.05, 0) is 31.6 Å². The summed E-state index contributed by atoms with van der Waals surface area (Å²) in [4.78, 5) is 22.1. The number of aliphatic hydroxyl groups is 1. The van der Waals surface area contributed by atoms with Crippen LogP contribution < -0.4 is 0 Å². The molecule has 1 rings (SSSR count). The van der Waals surface area contributed by atoms with Crippen molar-refractivity contribution in [1.82, 2.24) is 0 Å². The molecule has 5 nitrogen and oxygen atoms in total. The summed E-state index contributed by atoms with van der Waals surface area (Å²) in [5, 5.41) is 10.2. The van der Waals surface area contributed by atoms with Crippen molar-refractivity contribution in [3.05, 3.63) is 0 Å². The Morgan fingerprint density at radius 2 is 2.00 bits per heavy atom. The van der Waals surface area contributed by atoms with Crippen LogP contribution in [0.4, 0.5) is 0 Å². The third kappa shape index (κ3) is 5.52. The summed E-state index contributed by atoms with van der Waals surface area (Å²) >= 11 is 0. The number of aliphatic hydroxyl groups excluding tert-OH is 1. The fourth-order valence-electron chi connectivity index (χ4n) is 3.31. The van der Waals surface area contributed by atoms with Gasteiger partial charge in [-0.1, -0.05) is 40.0 Å². The Labute approximate surface area is 134 Å². The molecule has 0 aromatic heterocycles. The van der Waals surface area contributed by atoms with E-state index in [0.717, 1.165) is 32.1 Å². The van der Waals surface area contributed by atoms with E-state index >= 15 is 0 Å². The predicted molar refractivity (Wildman–Crippen MR) is 84.1 cm³/mol. The van der Waals surface area contributed by atoms with Gasteiger partial charge in [0, 0.05) is 6.92 Å². The van der Waals surface area contributed by atoms with Gasteiger partial charge in [0.15, 0.2) is 0 Å². The van der Waals surface area contributed by atoms with E-state index in [2.05, 4.69) is 27.7 Å². The van der Waals surface area contributed by atoms with Gasteiger partial charge in [0.25, 0.3) is 0 Å². The van der Waals surface area contributed by atoms with Crippen LogP contribution in [0.2, 0.25) is 0 Å². The highest BCUT2D eigenvalue weighted by atomic mass is 17.2. The molecule has 0 aliphatic carbocycles. The van der Waals surface area contributed by atoms with Crippen LogP contribution in [0.25, 0.3) is 0 Å². The largest absolute Gasteiger partial charge is 0.463 e. The van der Waals surface area contributed by atoms with Crippen LogP contribution >= 0.6 is 0 Å². The molecule has 1 saturated heterocycles. The molecule has 1 fully saturated rings. The van der Waals surface area contributed by atoms with Gasteiger partial charge in [-0.2, -0.15) is 0 Å². The second-order valence-electron chi connectivity index (χ2n) is 6.72. The predicted octanol–water partition coefficient (Wildman–Crippen LogP) is 3.24. The molecule has 4 atom stereocenters. The van der Waals surface area contributed by atoms with E-state index in [-0.39, 0.29) is 18.1 Å². The van der Waals surface area contributed by atoms with Gasteiger partial charge in [-0.15, -0.1) is 0 Å². The molecule has 22 heavy (non-hydrogen) atoms. The summed E-state index contributed by atoms with van der Waals surface area (Å²) in [6.07, 6.45) is 3.66. The highest BCUT2D eigenvalue weighted by molar-refractivity contribution is 5.65. The zero-order valence-electron chi connectivity index (χ0n) is 14.6. The number of hydrogen-bond donors (Lipinski definition) is 1. The molecule has 130 valence electrons. The number of esters is 1. The molecule has 0 radical (unpaired) electrons. The topological polar surface area (TPSA) is 65.0 Å². The van der Waals surface area contributed by atoms with Crippen LogP contribution in [0, 0.1) is 11.8 Å². The SMILES string of the molecule is CCC(CC)CC1(C)C[C@@H](CC)[C@@H]([C@H](O)COC(C)=O)OO1. The van der Waals surface area contributed by atoms with Gasteiger partial charge < -0.3 is 9.84 Å². The lowest BCUT2D eigenvalue weighted by Crippen LogP contribution is -2.49. The van der Waals surface area contributed by atoms with E-state index in [1.807, 2.05) is 0 Å². The molecule has 1 N–H and O–H groups in total. The van der Waals surface area contributed by atoms with E-state index in [4.69, 9.17) is 14.5 Å². The minimum absolute atomic E-state index is 0.0525. The van der Waals surface area contributed by atoms with Gasteiger partial charge in [0.1, 0.15) is 24.4 Å². The summed E-state index contributed by atoms with van der Waals surface area (Å²) in [5.74, 6) is 0.412. The van der Waals surface area contributed by atoms with Gasteiger partial charge >= 0.3 is 5.97 Å². The first-order valence-corrected chi connectivity index (χ1v) is 8.51. The van der Waals surface area contributed by atoms with Gasteiger partial charge in [0.2, 0.25) is 0 Å². The summed E-state index contributed by atoms with van der Waals surface area (Å²) in [5.41, 5.74) is -0.310. The number of hydrogen-bond acceptors (Lipinski definition) is 5. The second kappa shape index (κ2) is 8.85. The number of carbonyl (C=O) groups excluding carboxylic acids is 1. The average Bonchev–Trinajstić information content (AvgIpc) is 2.50. The number of ether oxygens (including phenoxy) is 1. The summed E-state index contributed by atoms with van der Waals surface area (Å²) in [6.45, 7) is 9.84. The van der Waals surface area contributed by atoms with Crippen molar-refractivity contribution in [3.8, 4) is 0 Å². The smallest absolute Gasteiger partial charge is 0.302 e. The normalized spacial score (nSPS) is 30.3.